The number of hydrogen-bond acceptors (Lipinski definition) is 5. The van der Waals surface area contributed by atoms with E-state index >= 15 is 0 Å². The van der Waals surface area contributed by atoms with Gasteiger partial charge in [-0.1, -0.05) is 0 Å². The molecular weight excluding hydrogens is 350 g/mol. The van der Waals surface area contributed by atoms with Crippen LogP contribution in [0.4, 0.5) is 8.78 Å². The summed E-state index contributed by atoms with van der Waals surface area (Å²) < 4.78 is 38.2. The number of hydrogen-bond donors (Lipinski definition) is 1. The molecule has 0 saturated carbocycles. The molecule has 0 fully saturated rings. The molecule has 3 aromatic rings. The van der Waals surface area contributed by atoms with Crippen molar-refractivity contribution < 1.29 is 23.0 Å². The predicted octanol–water partition coefficient (Wildman–Crippen LogP) is 3.84. The van der Waals surface area contributed by atoms with Crippen LogP contribution >= 0.6 is 11.3 Å². The van der Waals surface area contributed by atoms with Crippen molar-refractivity contribution >= 4 is 27.3 Å². The van der Waals surface area contributed by atoms with Crippen LogP contribution in [0.15, 0.2) is 18.3 Å². The van der Waals surface area contributed by atoms with Gasteiger partial charge >= 0.3 is 6.54 Å². The number of rotatable bonds is 2. The molecule has 1 atom stereocenters. The number of pyridine rings is 1. The molecule has 1 unspecified atom stereocenters. The van der Waals surface area contributed by atoms with Gasteiger partial charge in [-0.25, -0.2) is 4.39 Å². The molecule has 3 heterocycles. The normalized spacial score (nSPS) is 15.8. The second-order valence-corrected chi connectivity index (χ2v) is 6.71. The van der Waals surface area contributed by atoms with Crippen LogP contribution in [0, 0.1) is 19.7 Å². The van der Waals surface area contributed by atoms with Crippen molar-refractivity contribution in [3.63, 3.8) is 0 Å². The highest BCUT2D eigenvalue weighted by molar-refractivity contribution is 7.21. The van der Waals surface area contributed by atoms with E-state index in [0.717, 1.165) is 15.6 Å². The zero-order valence-corrected chi connectivity index (χ0v) is 14.0. The maximum atomic E-state index is 14.8. The lowest BCUT2D eigenvalue weighted by atomic mass is 10.0. The summed E-state index contributed by atoms with van der Waals surface area (Å²) in [7, 11) is 0. The van der Waals surface area contributed by atoms with Gasteiger partial charge in [0.25, 0.3) is 5.91 Å². The standard InChI is InChI=1S/C17H12F2N2O3S/c1-6-11-7(2)15(16(20)22)25-10(11)5-21-13(6)8-3-4-9-14(12(8)18)24-17(19)23-9/h3-5,17H,1-2H3,(H2,20,22). The first-order valence-electron chi connectivity index (χ1n) is 7.37. The van der Waals surface area contributed by atoms with Gasteiger partial charge in [0.05, 0.1) is 15.3 Å². The second-order valence-electron chi connectivity index (χ2n) is 5.66. The average molecular weight is 362 g/mol. The Labute approximate surface area is 145 Å². The Bertz CT molecular complexity index is 1050. The predicted molar refractivity (Wildman–Crippen MR) is 89.2 cm³/mol. The fraction of sp³-hybridized carbons (Fsp3) is 0.176. The van der Waals surface area contributed by atoms with Gasteiger partial charge in [-0.3, -0.25) is 9.78 Å². The molecule has 1 amide bonds. The first-order chi connectivity index (χ1) is 11.9. The molecule has 1 aliphatic rings. The number of carbonyl (C=O) groups excluding carboxylic acids is 1. The molecule has 0 saturated heterocycles. The third-order valence-corrected chi connectivity index (χ3v) is 5.43. The van der Waals surface area contributed by atoms with Crippen molar-refractivity contribution in [3.8, 4) is 22.8 Å². The van der Waals surface area contributed by atoms with Crippen molar-refractivity contribution in [2.24, 2.45) is 5.73 Å². The lowest BCUT2D eigenvalue weighted by molar-refractivity contribution is -0.0663. The average Bonchev–Trinajstić information content (AvgIpc) is 3.10. The quantitative estimate of drug-likeness (QED) is 0.752. The molecule has 0 bridgehead atoms. The minimum Gasteiger partial charge on any atom is -0.425 e. The van der Waals surface area contributed by atoms with Crippen molar-refractivity contribution in [2.45, 2.75) is 20.4 Å². The van der Waals surface area contributed by atoms with Crippen molar-refractivity contribution in [1.29, 1.82) is 0 Å². The number of ether oxygens (including phenoxy) is 2. The number of alkyl halides is 1. The molecule has 1 aromatic carbocycles. The van der Waals surface area contributed by atoms with E-state index < -0.39 is 18.3 Å². The van der Waals surface area contributed by atoms with Gasteiger partial charge in [0.2, 0.25) is 5.75 Å². The molecule has 128 valence electrons. The Balaban J connectivity index is 1.94. The molecular formula is C17H12F2N2O3S. The molecule has 2 N–H and O–H groups in total. The second kappa shape index (κ2) is 5.38. The Hall–Kier alpha value is -2.74. The maximum absolute atomic E-state index is 14.8. The van der Waals surface area contributed by atoms with E-state index in [9.17, 15) is 13.6 Å². The maximum Gasteiger partial charge on any atom is 0.397 e. The highest BCUT2D eigenvalue weighted by Gasteiger charge is 2.30. The summed E-state index contributed by atoms with van der Waals surface area (Å²) in [5.74, 6) is -1.51. The molecule has 8 heteroatoms. The number of thiophene rings is 1. The van der Waals surface area contributed by atoms with E-state index in [1.807, 2.05) is 0 Å². The number of nitrogens with two attached hydrogens (primary N) is 1. The number of carbonyl (C=O) groups is 1. The van der Waals surface area contributed by atoms with E-state index in [0.29, 0.717) is 16.1 Å². The number of aromatic nitrogens is 1. The monoisotopic (exact) mass is 362 g/mol. The van der Waals surface area contributed by atoms with Crippen molar-refractivity contribution in [2.75, 3.05) is 0 Å². The Morgan fingerprint density at radius 2 is 2.04 bits per heavy atom. The van der Waals surface area contributed by atoms with Gasteiger partial charge in [0, 0.05) is 17.1 Å². The number of amides is 1. The van der Waals surface area contributed by atoms with Gasteiger partial charge < -0.3 is 15.2 Å². The molecule has 5 nitrogen and oxygen atoms in total. The number of benzene rings is 1. The van der Waals surface area contributed by atoms with Gasteiger partial charge in [-0.2, -0.15) is 4.39 Å². The smallest absolute Gasteiger partial charge is 0.397 e. The van der Waals surface area contributed by atoms with Crippen LogP contribution in [0.3, 0.4) is 0 Å². The molecule has 0 radical (unpaired) electrons. The van der Waals surface area contributed by atoms with E-state index in [1.165, 1.54) is 23.5 Å². The highest BCUT2D eigenvalue weighted by atomic mass is 32.1. The SMILES string of the molecule is Cc1c(-c2ccc3c(c2F)OC(F)O3)ncc2sc(C(N)=O)c(C)c12. The summed E-state index contributed by atoms with van der Waals surface area (Å²) >= 11 is 1.25. The van der Waals surface area contributed by atoms with E-state index in [-0.39, 0.29) is 17.1 Å². The first-order valence-corrected chi connectivity index (χ1v) is 8.19. The van der Waals surface area contributed by atoms with Crippen molar-refractivity contribution in [1.82, 2.24) is 4.98 Å². The third-order valence-electron chi connectivity index (χ3n) is 4.19. The molecule has 0 spiro atoms. The summed E-state index contributed by atoms with van der Waals surface area (Å²) in [6.07, 6.45) is 1.57. The van der Waals surface area contributed by atoms with Crippen LogP contribution in [0.5, 0.6) is 11.5 Å². The van der Waals surface area contributed by atoms with Crippen LogP contribution in [0.2, 0.25) is 0 Å². The first kappa shape index (κ1) is 15.8. The summed E-state index contributed by atoms with van der Waals surface area (Å²) in [4.78, 5) is 16.3. The third kappa shape index (κ3) is 2.25. The van der Waals surface area contributed by atoms with E-state index in [2.05, 4.69) is 4.98 Å². The van der Waals surface area contributed by atoms with E-state index in [4.69, 9.17) is 15.2 Å². The Kier molecular flexibility index (Phi) is 3.40. The largest absolute Gasteiger partial charge is 0.425 e. The summed E-state index contributed by atoms with van der Waals surface area (Å²) in [5, 5.41) is 0.809. The van der Waals surface area contributed by atoms with Crippen LogP contribution in [0.25, 0.3) is 21.3 Å². The topological polar surface area (TPSA) is 74.4 Å². The summed E-state index contributed by atoms with van der Waals surface area (Å²) in [5.41, 5.74) is 7.39. The number of halogens is 2. The summed E-state index contributed by atoms with van der Waals surface area (Å²) in [6.45, 7) is 1.56. The molecule has 4 rings (SSSR count). The Morgan fingerprint density at radius 3 is 2.76 bits per heavy atom. The highest BCUT2D eigenvalue weighted by Crippen LogP contribution is 2.43. The zero-order valence-electron chi connectivity index (χ0n) is 13.2. The molecule has 1 aliphatic heterocycles. The van der Waals surface area contributed by atoms with E-state index in [1.54, 1.807) is 20.0 Å². The lowest BCUT2D eigenvalue weighted by Gasteiger charge is -2.09. The summed E-state index contributed by atoms with van der Waals surface area (Å²) in [6, 6.07) is 2.90. The Morgan fingerprint density at radius 1 is 1.28 bits per heavy atom. The molecule has 25 heavy (non-hydrogen) atoms. The van der Waals surface area contributed by atoms with Crippen LogP contribution in [-0.2, 0) is 0 Å². The van der Waals surface area contributed by atoms with Gasteiger partial charge in [0.15, 0.2) is 11.6 Å². The fourth-order valence-corrected chi connectivity index (χ4v) is 4.17. The minimum absolute atomic E-state index is 0.00945. The van der Waals surface area contributed by atoms with Crippen LogP contribution in [0.1, 0.15) is 20.8 Å². The van der Waals surface area contributed by atoms with Crippen LogP contribution in [-0.4, -0.2) is 17.4 Å². The van der Waals surface area contributed by atoms with Gasteiger partial charge in [0.1, 0.15) is 0 Å². The number of fused-ring (bicyclic) bond motifs is 2. The number of primary amides is 1. The number of nitrogens with zero attached hydrogens (tertiary/aromatic N) is 1. The fourth-order valence-electron chi connectivity index (χ4n) is 3.08. The zero-order chi connectivity index (χ0) is 17.9. The number of aryl methyl sites for hydroxylation is 2. The van der Waals surface area contributed by atoms with Crippen molar-refractivity contribution in [3.05, 3.63) is 40.2 Å². The van der Waals surface area contributed by atoms with Gasteiger partial charge in [-0.05, 0) is 37.1 Å². The van der Waals surface area contributed by atoms with Gasteiger partial charge in [-0.15, -0.1) is 11.3 Å². The molecule has 2 aromatic heterocycles. The minimum atomic E-state index is -2.02. The van der Waals surface area contributed by atoms with Crippen LogP contribution < -0.4 is 15.2 Å². The molecule has 0 aliphatic carbocycles. The lowest BCUT2D eigenvalue weighted by Crippen LogP contribution is -2.09.